The number of nitrogens with zero attached hydrogens (tertiary/aromatic N) is 1. The van der Waals surface area contributed by atoms with Gasteiger partial charge in [0, 0.05) is 12.8 Å². The minimum Gasteiger partial charge on any atom is -0.392 e. The van der Waals surface area contributed by atoms with Gasteiger partial charge in [-0.05, 0) is 29.7 Å². The van der Waals surface area contributed by atoms with Crippen LogP contribution in [0, 0.1) is 0 Å². The SMILES string of the molecule is O=C(N[C@@H]1COCC[C@@H]1OCc1ccccc1)c1cc(CO)ccn1. The second-order valence-corrected chi connectivity index (χ2v) is 5.99. The molecule has 6 nitrogen and oxygen atoms in total. The van der Waals surface area contributed by atoms with Gasteiger partial charge in [-0.1, -0.05) is 30.3 Å². The number of pyridine rings is 1. The van der Waals surface area contributed by atoms with Crippen LogP contribution in [0.15, 0.2) is 48.7 Å². The topological polar surface area (TPSA) is 80.7 Å². The fraction of sp³-hybridized carbons (Fsp3) is 0.368. The van der Waals surface area contributed by atoms with Crippen LogP contribution in [0.5, 0.6) is 0 Å². The lowest BCUT2D eigenvalue weighted by molar-refractivity contribution is -0.0605. The minimum absolute atomic E-state index is 0.112. The van der Waals surface area contributed by atoms with E-state index in [1.54, 1.807) is 12.1 Å². The van der Waals surface area contributed by atoms with Crippen LogP contribution in [0.3, 0.4) is 0 Å². The Morgan fingerprint density at radius 3 is 2.92 bits per heavy atom. The van der Waals surface area contributed by atoms with Gasteiger partial charge in [-0.3, -0.25) is 9.78 Å². The van der Waals surface area contributed by atoms with Gasteiger partial charge in [-0.2, -0.15) is 0 Å². The molecule has 1 aromatic heterocycles. The molecule has 2 N–H and O–H groups in total. The van der Waals surface area contributed by atoms with E-state index in [1.165, 1.54) is 6.20 Å². The fourth-order valence-corrected chi connectivity index (χ4v) is 2.77. The molecule has 6 heteroatoms. The maximum atomic E-state index is 12.4. The first kappa shape index (κ1) is 17.5. The van der Waals surface area contributed by atoms with Crippen LogP contribution in [0.2, 0.25) is 0 Å². The molecule has 1 aliphatic heterocycles. The molecule has 3 rings (SSSR count). The first-order valence-corrected chi connectivity index (χ1v) is 8.36. The molecule has 0 spiro atoms. The number of nitrogens with one attached hydrogen (secondary N) is 1. The summed E-state index contributed by atoms with van der Waals surface area (Å²) in [4.78, 5) is 16.5. The van der Waals surface area contributed by atoms with Gasteiger partial charge >= 0.3 is 0 Å². The van der Waals surface area contributed by atoms with E-state index in [1.807, 2.05) is 30.3 Å². The highest BCUT2D eigenvalue weighted by Gasteiger charge is 2.28. The molecule has 1 amide bonds. The summed E-state index contributed by atoms with van der Waals surface area (Å²) in [5, 5.41) is 12.1. The third kappa shape index (κ3) is 4.85. The number of amides is 1. The number of aliphatic hydroxyl groups is 1. The van der Waals surface area contributed by atoms with Crippen LogP contribution >= 0.6 is 0 Å². The first-order valence-electron chi connectivity index (χ1n) is 8.36. The maximum Gasteiger partial charge on any atom is 0.270 e. The van der Waals surface area contributed by atoms with Gasteiger partial charge in [0.15, 0.2) is 0 Å². The second kappa shape index (κ2) is 8.71. The molecule has 0 radical (unpaired) electrons. The molecule has 132 valence electrons. The van der Waals surface area contributed by atoms with Crippen molar-refractivity contribution in [2.75, 3.05) is 13.2 Å². The van der Waals surface area contributed by atoms with Crippen LogP contribution in [0.25, 0.3) is 0 Å². The minimum atomic E-state index is -0.292. The van der Waals surface area contributed by atoms with E-state index in [0.717, 1.165) is 12.0 Å². The average Bonchev–Trinajstić information content (AvgIpc) is 2.68. The molecule has 1 aromatic carbocycles. The zero-order valence-electron chi connectivity index (χ0n) is 13.9. The lowest BCUT2D eigenvalue weighted by atomic mass is 10.1. The summed E-state index contributed by atoms with van der Waals surface area (Å²) in [6, 6.07) is 13.0. The quantitative estimate of drug-likeness (QED) is 0.835. The van der Waals surface area contributed by atoms with Crippen LogP contribution in [-0.4, -0.2) is 41.4 Å². The zero-order chi connectivity index (χ0) is 17.5. The third-order valence-electron chi connectivity index (χ3n) is 4.16. The van der Waals surface area contributed by atoms with Crippen LogP contribution in [0.4, 0.5) is 0 Å². The molecule has 2 atom stereocenters. The molecule has 0 aliphatic carbocycles. The molecule has 0 bridgehead atoms. The number of benzene rings is 1. The Hall–Kier alpha value is -2.28. The Kier molecular flexibility index (Phi) is 6.11. The Morgan fingerprint density at radius 1 is 1.28 bits per heavy atom. The van der Waals surface area contributed by atoms with Crippen LogP contribution < -0.4 is 5.32 Å². The fourth-order valence-electron chi connectivity index (χ4n) is 2.77. The van der Waals surface area contributed by atoms with Gasteiger partial charge < -0.3 is 19.9 Å². The number of hydrogen-bond acceptors (Lipinski definition) is 5. The molecule has 1 fully saturated rings. The van der Waals surface area contributed by atoms with Crippen molar-refractivity contribution in [2.45, 2.75) is 31.8 Å². The zero-order valence-corrected chi connectivity index (χ0v) is 13.9. The number of aromatic nitrogens is 1. The largest absolute Gasteiger partial charge is 0.392 e. The van der Waals surface area contributed by atoms with Gasteiger partial charge in [0.25, 0.3) is 5.91 Å². The Labute approximate surface area is 146 Å². The lowest BCUT2D eigenvalue weighted by Gasteiger charge is -2.32. The van der Waals surface area contributed by atoms with Gasteiger partial charge in [0.1, 0.15) is 5.69 Å². The predicted molar refractivity (Wildman–Crippen MR) is 91.9 cm³/mol. The standard InChI is InChI=1S/C19H22N2O4/c22-11-15-6-8-20-16(10-15)19(23)21-17-13-24-9-7-18(17)25-12-14-4-2-1-3-5-14/h1-6,8,10,17-18,22H,7,9,11-13H2,(H,21,23)/t17-,18+/m1/s1. The van der Waals surface area contributed by atoms with E-state index in [9.17, 15) is 9.90 Å². The van der Waals surface area contributed by atoms with Crippen molar-refractivity contribution in [1.82, 2.24) is 10.3 Å². The molecular weight excluding hydrogens is 320 g/mol. The second-order valence-electron chi connectivity index (χ2n) is 5.99. The van der Waals surface area contributed by atoms with Crippen molar-refractivity contribution in [3.05, 3.63) is 65.5 Å². The van der Waals surface area contributed by atoms with Crippen LogP contribution in [0.1, 0.15) is 28.0 Å². The Morgan fingerprint density at radius 2 is 2.12 bits per heavy atom. The number of hydrogen-bond donors (Lipinski definition) is 2. The summed E-state index contributed by atoms with van der Waals surface area (Å²) in [5.41, 5.74) is 2.02. The molecule has 25 heavy (non-hydrogen) atoms. The highest BCUT2D eigenvalue weighted by Crippen LogP contribution is 2.15. The van der Waals surface area contributed by atoms with E-state index in [4.69, 9.17) is 9.47 Å². The summed E-state index contributed by atoms with van der Waals surface area (Å²) < 4.78 is 11.5. The Bertz CT molecular complexity index is 693. The van der Waals surface area contributed by atoms with Crippen molar-refractivity contribution >= 4 is 5.91 Å². The molecule has 0 saturated carbocycles. The molecule has 1 saturated heterocycles. The van der Waals surface area contributed by atoms with E-state index in [0.29, 0.717) is 25.4 Å². The van der Waals surface area contributed by atoms with Gasteiger partial charge in [-0.25, -0.2) is 0 Å². The average molecular weight is 342 g/mol. The normalized spacial score (nSPS) is 20.2. The summed E-state index contributed by atoms with van der Waals surface area (Å²) >= 11 is 0. The van der Waals surface area contributed by atoms with Crippen molar-refractivity contribution < 1.29 is 19.4 Å². The number of carbonyl (C=O) groups excluding carboxylic acids is 1. The summed E-state index contributed by atoms with van der Waals surface area (Å²) in [5.74, 6) is -0.292. The van der Waals surface area contributed by atoms with Crippen molar-refractivity contribution in [3.8, 4) is 0 Å². The third-order valence-corrected chi connectivity index (χ3v) is 4.16. The van der Waals surface area contributed by atoms with E-state index >= 15 is 0 Å². The monoisotopic (exact) mass is 342 g/mol. The van der Waals surface area contributed by atoms with Crippen molar-refractivity contribution in [3.63, 3.8) is 0 Å². The van der Waals surface area contributed by atoms with E-state index in [-0.39, 0.29) is 30.4 Å². The summed E-state index contributed by atoms with van der Waals surface area (Å²) in [6.45, 7) is 1.39. The number of aliphatic hydroxyl groups excluding tert-OH is 1. The molecule has 1 aliphatic rings. The summed E-state index contributed by atoms with van der Waals surface area (Å²) in [7, 11) is 0. The van der Waals surface area contributed by atoms with E-state index < -0.39 is 0 Å². The number of ether oxygens (including phenoxy) is 2. The van der Waals surface area contributed by atoms with Gasteiger partial charge in [0.2, 0.25) is 0 Å². The van der Waals surface area contributed by atoms with Crippen molar-refractivity contribution in [2.24, 2.45) is 0 Å². The van der Waals surface area contributed by atoms with E-state index in [2.05, 4.69) is 10.3 Å². The smallest absolute Gasteiger partial charge is 0.270 e. The first-order chi connectivity index (χ1) is 12.3. The maximum absolute atomic E-state index is 12.4. The summed E-state index contributed by atoms with van der Waals surface area (Å²) in [6.07, 6.45) is 2.13. The van der Waals surface area contributed by atoms with Gasteiger partial charge in [0.05, 0.1) is 32.0 Å². The Balaban J connectivity index is 1.61. The van der Waals surface area contributed by atoms with Crippen molar-refractivity contribution in [1.29, 1.82) is 0 Å². The lowest BCUT2D eigenvalue weighted by Crippen LogP contribution is -2.50. The highest BCUT2D eigenvalue weighted by atomic mass is 16.5. The molecule has 2 heterocycles. The molecule has 2 aromatic rings. The predicted octanol–water partition coefficient (Wildman–Crippen LogP) is 1.68. The molecular formula is C19H22N2O4. The number of rotatable bonds is 6. The molecule has 0 unspecified atom stereocenters. The highest BCUT2D eigenvalue weighted by molar-refractivity contribution is 5.92. The van der Waals surface area contributed by atoms with Crippen LogP contribution in [-0.2, 0) is 22.7 Å². The number of carbonyl (C=O) groups is 1. The van der Waals surface area contributed by atoms with Gasteiger partial charge in [-0.15, -0.1) is 0 Å².